The van der Waals surface area contributed by atoms with E-state index in [-0.39, 0.29) is 35.1 Å². The Bertz CT molecular complexity index is 2130. The number of carbonyl (C=O) groups is 2. The second-order valence-corrected chi connectivity index (χ2v) is 12.3. The van der Waals surface area contributed by atoms with Crippen LogP contribution in [-0.2, 0) is 11.3 Å². The summed E-state index contributed by atoms with van der Waals surface area (Å²) in [6.07, 6.45) is 3.22. The lowest BCUT2D eigenvalue weighted by molar-refractivity contribution is -0.122. The maximum atomic E-state index is 14.9. The second-order valence-electron chi connectivity index (χ2n) is 11.2. The van der Waals surface area contributed by atoms with E-state index in [1.54, 1.807) is 35.9 Å². The van der Waals surface area contributed by atoms with Gasteiger partial charge in [0.15, 0.2) is 11.5 Å². The third kappa shape index (κ3) is 7.48. The molecule has 0 radical (unpaired) electrons. The molecule has 12 nitrogen and oxygen atoms in total. The Hall–Kier alpha value is -6.06. The number of carbonyl (C=O) groups excluding carboxylic acids is 1. The van der Waals surface area contributed by atoms with Gasteiger partial charge in [-0.1, -0.05) is 18.2 Å². The van der Waals surface area contributed by atoms with Gasteiger partial charge in [-0.3, -0.25) is 14.8 Å². The lowest BCUT2D eigenvalue weighted by atomic mass is 9.91. The molecule has 6 rings (SSSR count). The van der Waals surface area contributed by atoms with E-state index in [0.717, 1.165) is 28.5 Å². The van der Waals surface area contributed by atoms with Crippen LogP contribution in [0, 0.1) is 28.5 Å². The maximum Gasteiger partial charge on any atom is 0.290 e. The highest BCUT2D eigenvalue weighted by atomic mass is 32.1. The summed E-state index contributed by atoms with van der Waals surface area (Å²) in [6.45, 7) is 1.65. The average Bonchev–Trinajstić information content (AvgIpc) is 3.57. The third-order valence-electron chi connectivity index (χ3n) is 8.33. The van der Waals surface area contributed by atoms with Crippen LogP contribution in [0.15, 0.2) is 66.9 Å². The van der Waals surface area contributed by atoms with Crippen LogP contribution in [0.4, 0.5) is 10.2 Å². The lowest BCUT2D eigenvalue weighted by Gasteiger charge is -2.34. The number of amides is 1. The van der Waals surface area contributed by atoms with Gasteiger partial charge in [0.1, 0.15) is 29.3 Å². The van der Waals surface area contributed by atoms with Crippen molar-refractivity contribution in [3.05, 3.63) is 94.2 Å². The number of hydrogen-bond donors (Lipinski definition) is 5. The molecule has 0 aliphatic carbocycles. The van der Waals surface area contributed by atoms with Crippen molar-refractivity contribution in [1.82, 2.24) is 15.8 Å². The van der Waals surface area contributed by atoms with Gasteiger partial charge in [-0.15, -0.1) is 11.3 Å². The van der Waals surface area contributed by atoms with Crippen LogP contribution < -0.4 is 20.4 Å². The molecular formula is C36H31FN6O6S. The van der Waals surface area contributed by atoms with Crippen molar-refractivity contribution in [2.75, 3.05) is 25.1 Å². The van der Waals surface area contributed by atoms with Crippen molar-refractivity contribution >= 4 is 39.6 Å². The predicted octanol–water partition coefficient (Wildman–Crippen LogP) is 5.81. The van der Waals surface area contributed by atoms with E-state index in [1.807, 2.05) is 24.3 Å². The van der Waals surface area contributed by atoms with Crippen molar-refractivity contribution < 1.29 is 34.1 Å². The molecule has 0 bridgehead atoms. The number of anilines is 1. The maximum absolute atomic E-state index is 14.9. The van der Waals surface area contributed by atoms with Gasteiger partial charge in [0.2, 0.25) is 0 Å². The van der Waals surface area contributed by atoms with Gasteiger partial charge in [0.25, 0.3) is 12.4 Å². The molecule has 5 N–H and O–H groups in total. The van der Waals surface area contributed by atoms with Crippen LogP contribution in [-0.4, -0.2) is 59.0 Å². The van der Waals surface area contributed by atoms with Crippen molar-refractivity contribution in [1.29, 1.82) is 10.5 Å². The normalized spacial score (nSPS) is 12.7. The van der Waals surface area contributed by atoms with Crippen LogP contribution in [0.2, 0.25) is 0 Å². The number of nitriles is 2. The molecule has 3 heterocycles. The molecule has 0 spiro atoms. The number of nitrogens with zero attached hydrogens (tertiary/aromatic N) is 4. The number of piperidine rings is 1. The molecule has 1 saturated heterocycles. The van der Waals surface area contributed by atoms with E-state index in [0.29, 0.717) is 52.6 Å². The molecule has 3 aromatic carbocycles. The summed E-state index contributed by atoms with van der Waals surface area (Å²) in [5.74, 6) is -0.546. The van der Waals surface area contributed by atoms with Gasteiger partial charge >= 0.3 is 0 Å². The summed E-state index contributed by atoms with van der Waals surface area (Å²) in [6, 6.07) is 21.2. The minimum atomic E-state index is -0.697. The highest BCUT2D eigenvalue weighted by molar-refractivity contribution is 7.20. The fraction of sp³-hybridized carbons (Fsp3) is 0.194. The zero-order valence-corrected chi connectivity index (χ0v) is 27.5. The fourth-order valence-corrected chi connectivity index (χ4v) is 6.84. The number of thiophene rings is 1. The lowest BCUT2D eigenvalue weighted by Crippen LogP contribution is -2.42. The first-order valence-corrected chi connectivity index (χ1v) is 16.1. The smallest absolute Gasteiger partial charge is 0.290 e. The molecule has 14 heteroatoms. The number of fused-ring (bicyclic) bond motifs is 1. The Balaban J connectivity index is 0.00000156. The van der Waals surface area contributed by atoms with Crippen molar-refractivity contribution in [2.24, 2.45) is 0 Å². The summed E-state index contributed by atoms with van der Waals surface area (Å²) in [4.78, 5) is 27.4. The molecule has 0 saturated carbocycles. The molecule has 1 amide bonds. The number of aromatic nitrogens is 1. The van der Waals surface area contributed by atoms with Gasteiger partial charge in [-0.05, 0) is 77.4 Å². The molecule has 1 fully saturated rings. The first kappa shape index (κ1) is 35.3. The van der Waals surface area contributed by atoms with E-state index >= 15 is 0 Å². The standard InChI is InChI=1S/C35H29FN6O4S.CH2O2/c1-46-30-6-5-21(14-29(30)43)27-19-40-34(26(17-38)33(27)22-3-4-23(16-37)28(36)13-22)42-10-8-25(9-11-42)39-18-20-2-7-31-24(12-20)15-32(47-31)35(44)41-45;2-1-3/h2-7,12-15,19,25,39,43,45H,8-11,18H2,1H3,(H,41,44);1H,(H,2,3). The van der Waals surface area contributed by atoms with Gasteiger partial charge in [0.05, 0.1) is 17.6 Å². The number of hydroxylamine groups is 1. The minimum absolute atomic E-state index is 0.0896. The van der Waals surface area contributed by atoms with Crippen molar-refractivity contribution in [3.8, 4) is 45.9 Å². The zero-order chi connectivity index (χ0) is 35.8. The number of rotatable bonds is 8. The summed E-state index contributed by atoms with van der Waals surface area (Å²) in [5.41, 5.74) is 4.87. The number of carboxylic acid groups (broad SMARTS) is 1. The Morgan fingerprint density at radius 2 is 1.84 bits per heavy atom. The molecule has 0 atom stereocenters. The van der Waals surface area contributed by atoms with Gasteiger partial charge in [0, 0.05) is 47.7 Å². The van der Waals surface area contributed by atoms with Gasteiger partial charge in [-0.2, -0.15) is 10.5 Å². The topological polar surface area (TPSA) is 192 Å². The van der Waals surface area contributed by atoms with E-state index in [1.165, 1.54) is 36.6 Å². The molecular weight excluding hydrogens is 663 g/mol. The number of ether oxygens (including phenoxy) is 1. The first-order valence-electron chi connectivity index (χ1n) is 15.3. The number of nitrogens with one attached hydrogen (secondary N) is 2. The number of pyridine rings is 1. The molecule has 1 aliphatic heterocycles. The van der Waals surface area contributed by atoms with Crippen LogP contribution >= 0.6 is 11.3 Å². The highest BCUT2D eigenvalue weighted by Crippen LogP contribution is 2.41. The Morgan fingerprint density at radius 1 is 1.10 bits per heavy atom. The monoisotopic (exact) mass is 694 g/mol. The molecule has 5 aromatic rings. The van der Waals surface area contributed by atoms with E-state index in [9.17, 15) is 24.8 Å². The first-order chi connectivity index (χ1) is 24.2. The quantitative estimate of drug-likeness (QED) is 0.0749. The number of phenols is 1. The third-order valence-corrected chi connectivity index (χ3v) is 9.45. The number of halogens is 1. The van der Waals surface area contributed by atoms with Gasteiger partial charge in [-0.25, -0.2) is 14.9 Å². The molecule has 50 heavy (non-hydrogen) atoms. The second kappa shape index (κ2) is 15.9. The summed E-state index contributed by atoms with van der Waals surface area (Å²) >= 11 is 1.31. The number of hydrogen-bond acceptors (Lipinski definition) is 11. The number of benzene rings is 3. The fourth-order valence-electron chi connectivity index (χ4n) is 5.91. The molecule has 2 aromatic heterocycles. The Kier molecular flexibility index (Phi) is 11.2. The minimum Gasteiger partial charge on any atom is -0.504 e. The Labute approximate surface area is 290 Å². The largest absolute Gasteiger partial charge is 0.504 e. The molecule has 0 unspecified atom stereocenters. The summed E-state index contributed by atoms with van der Waals surface area (Å²) in [5, 5.41) is 50.6. The van der Waals surface area contributed by atoms with Crippen LogP contribution in [0.3, 0.4) is 0 Å². The zero-order valence-electron chi connectivity index (χ0n) is 26.7. The summed E-state index contributed by atoms with van der Waals surface area (Å²) in [7, 11) is 1.45. The van der Waals surface area contributed by atoms with Crippen LogP contribution in [0.1, 0.15) is 39.2 Å². The number of methoxy groups -OCH3 is 1. The number of phenolic OH excluding ortho intramolecular Hbond substituents is 1. The highest BCUT2D eigenvalue weighted by Gasteiger charge is 2.26. The van der Waals surface area contributed by atoms with Crippen molar-refractivity contribution in [2.45, 2.75) is 25.4 Å². The van der Waals surface area contributed by atoms with E-state index in [2.05, 4.69) is 16.3 Å². The van der Waals surface area contributed by atoms with E-state index in [4.69, 9.17) is 24.8 Å². The predicted molar refractivity (Wildman–Crippen MR) is 185 cm³/mol. The molecule has 254 valence electrons. The SMILES string of the molecule is COc1ccc(-c2cnc(N3CCC(NCc4ccc5sc(C(=O)NO)cc5c4)CC3)c(C#N)c2-c2ccc(C#N)c(F)c2)cc1O.O=CO. The number of aromatic hydroxyl groups is 1. The molecule has 1 aliphatic rings. The van der Waals surface area contributed by atoms with Crippen molar-refractivity contribution in [3.63, 3.8) is 0 Å². The van der Waals surface area contributed by atoms with Crippen LogP contribution in [0.5, 0.6) is 11.5 Å². The van der Waals surface area contributed by atoms with E-state index < -0.39 is 11.7 Å². The van der Waals surface area contributed by atoms with Gasteiger partial charge < -0.3 is 25.2 Å². The summed E-state index contributed by atoms with van der Waals surface area (Å²) < 4.78 is 21.0. The van der Waals surface area contributed by atoms with Crippen LogP contribution in [0.25, 0.3) is 32.3 Å². The Morgan fingerprint density at radius 3 is 2.48 bits per heavy atom. The average molecular weight is 695 g/mol.